The lowest BCUT2D eigenvalue weighted by Crippen LogP contribution is -2.47. The minimum Gasteiger partial charge on any atom is -0.389 e. The van der Waals surface area contributed by atoms with Crippen molar-refractivity contribution in [1.29, 1.82) is 0 Å². The van der Waals surface area contributed by atoms with Crippen LogP contribution in [0.4, 0.5) is 5.69 Å². The van der Waals surface area contributed by atoms with Gasteiger partial charge in [0.05, 0.1) is 10.7 Å². The largest absolute Gasteiger partial charge is 0.389 e. The Hall–Kier alpha value is -0.800. The maximum atomic E-state index is 6.48. The molecule has 2 unspecified atom stereocenters. The van der Waals surface area contributed by atoms with E-state index in [2.05, 4.69) is 11.0 Å². The van der Waals surface area contributed by atoms with Crippen molar-refractivity contribution in [3.05, 3.63) is 28.8 Å². The zero-order chi connectivity index (χ0) is 14.1. The van der Waals surface area contributed by atoms with Crippen LogP contribution in [-0.2, 0) is 0 Å². The molecule has 1 heterocycles. The number of anilines is 1. The van der Waals surface area contributed by atoms with Crippen LogP contribution >= 0.6 is 23.8 Å². The molecule has 2 fully saturated rings. The molecule has 0 bridgehead atoms. The Labute approximate surface area is 131 Å². The molecule has 3 rings (SSSR count). The van der Waals surface area contributed by atoms with E-state index in [0.29, 0.717) is 11.0 Å². The van der Waals surface area contributed by atoms with Crippen molar-refractivity contribution in [3.8, 4) is 0 Å². The van der Waals surface area contributed by atoms with E-state index in [1.807, 2.05) is 12.1 Å². The number of rotatable bonds is 2. The Kier molecular flexibility index (Phi) is 4.18. The first-order valence-corrected chi connectivity index (χ1v) is 8.31. The van der Waals surface area contributed by atoms with Gasteiger partial charge in [-0.1, -0.05) is 36.7 Å². The van der Waals surface area contributed by atoms with Crippen LogP contribution in [-0.4, -0.2) is 17.6 Å². The lowest BCUT2D eigenvalue weighted by molar-refractivity contribution is 0.244. The lowest BCUT2D eigenvalue weighted by atomic mass is 9.78. The van der Waals surface area contributed by atoms with Crippen molar-refractivity contribution < 1.29 is 0 Å². The van der Waals surface area contributed by atoms with E-state index in [9.17, 15) is 0 Å². The highest BCUT2D eigenvalue weighted by molar-refractivity contribution is 7.80. The van der Waals surface area contributed by atoms with E-state index in [1.165, 1.54) is 38.5 Å². The Bertz CT molecular complexity index is 515. The second kappa shape index (κ2) is 5.90. The molecule has 0 spiro atoms. The molecule has 108 valence electrons. The number of halogens is 1. The summed E-state index contributed by atoms with van der Waals surface area (Å²) in [5.41, 5.74) is 7.69. The van der Waals surface area contributed by atoms with Gasteiger partial charge in [-0.05, 0) is 49.8 Å². The molecule has 1 aliphatic carbocycles. The molecule has 1 saturated heterocycles. The van der Waals surface area contributed by atoms with Crippen LogP contribution in [0.3, 0.4) is 0 Å². The van der Waals surface area contributed by atoms with Crippen LogP contribution in [0, 0.1) is 5.92 Å². The molecule has 0 aromatic heterocycles. The predicted octanol–water partition coefficient (Wildman–Crippen LogP) is 4.13. The number of piperidine rings is 1. The maximum absolute atomic E-state index is 6.48. The van der Waals surface area contributed by atoms with Crippen LogP contribution in [0.15, 0.2) is 18.2 Å². The van der Waals surface area contributed by atoms with Gasteiger partial charge in [-0.2, -0.15) is 0 Å². The summed E-state index contributed by atoms with van der Waals surface area (Å²) >= 11 is 11.5. The highest BCUT2D eigenvalue weighted by Crippen LogP contribution is 2.40. The summed E-state index contributed by atoms with van der Waals surface area (Å²) in [5, 5.41) is 0.779. The van der Waals surface area contributed by atoms with Crippen LogP contribution in [0.1, 0.15) is 44.1 Å². The SMILES string of the molecule is NC(=S)c1ccc(N2CCCC3CCCCC32)c(Cl)c1. The highest BCUT2D eigenvalue weighted by Gasteiger charge is 2.33. The summed E-state index contributed by atoms with van der Waals surface area (Å²) in [6, 6.07) is 6.67. The fourth-order valence-electron chi connectivity index (χ4n) is 3.82. The number of nitrogens with zero attached hydrogens (tertiary/aromatic N) is 1. The second-order valence-corrected chi connectivity index (χ2v) is 6.82. The van der Waals surface area contributed by atoms with E-state index in [-0.39, 0.29) is 0 Å². The Morgan fingerprint density at radius 2 is 1.95 bits per heavy atom. The van der Waals surface area contributed by atoms with E-state index in [4.69, 9.17) is 29.6 Å². The summed E-state index contributed by atoms with van der Waals surface area (Å²) < 4.78 is 0. The fourth-order valence-corrected chi connectivity index (χ4v) is 4.23. The average Bonchev–Trinajstić information content (AvgIpc) is 2.46. The third-order valence-electron chi connectivity index (χ3n) is 4.78. The molecule has 4 heteroatoms. The number of hydrogen-bond acceptors (Lipinski definition) is 2. The first kappa shape index (κ1) is 14.2. The summed E-state index contributed by atoms with van der Waals surface area (Å²) in [7, 11) is 0. The van der Waals surface area contributed by atoms with Crippen LogP contribution < -0.4 is 10.6 Å². The van der Waals surface area contributed by atoms with Crippen molar-refractivity contribution in [2.75, 3.05) is 11.4 Å². The van der Waals surface area contributed by atoms with Gasteiger partial charge in [-0.15, -0.1) is 0 Å². The first-order valence-electron chi connectivity index (χ1n) is 7.53. The normalized spacial score (nSPS) is 26.1. The fraction of sp³-hybridized carbons (Fsp3) is 0.562. The van der Waals surface area contributed by atoms with Gasteiger partial charge in [0.1, 0.15) is 4.99 Å². The lowest BCUT2D eigenvalue weighted by Gasteiger charge is -2.45. The highest BCUT2D eigenvalue weighted by atomic mass is 35.5. The van der Waals surface area contributed by atoms with Crippen molar-refractivity contribution in [1.82, 2.24) is 0 Å². The molecule has 0 amide bonds. The summed E-state index contributed by atoms with van der Waals surface area (Å²) in [6.45, 7) is 1.12. The molecule has 1 aromatic rings. The monoisotopic (exact) mass is 308 g/mol. The molecule has 1 aromatic carbocycles. The molecule has 2 atom stereocenters. The Morgan fingerprint density at radius 3 is 2.70 bits per heavy atom. The van der Waals surface area contributed by atoms with Gasteiger partial charge >= 0.3 is 0 Å². The number of hydrogen-bond donors (Lipinski definition) is 1. The number of nitrogens with two attached hydrogens (primary N) is 1. The Balaban J connectivity index is 1.89. The number of thiocarbonyl (C=S) groups is 1. The van der Waals surface area contributed by atoms with Gasteiger partial charge in [-0.3, -0.25) is 0 Å². The van der Waals surface area contributed by atoms with Gasteiger partial charge in [0.15, 0.2) is 0 Å². The van der Waals surface area contributed by atoms with E-state index in [0.717, 1.165) is 28.7 Å². The summed E-state index contributed by atoms with van der Waals surface area (Å²) in [5.74, 6) is 0.851. The van der Waals surface area contributed by atoms with Gasteiger partial charge in [0.25, 0.3) is 0 Å². The van der Waals surface area contributed by atoms with Crippen molar-refractivity contribution in [3.63, 3.8) is 0 Å². The molecule has 2 N–H and O–H groups in total. The average molecular weight is 309 g/mol. The van der Waals surface area contributed by atoms with Gasteiger partial charge in [0, 0.05) is 18.2 Å². The van der Waals surface area contributed by atoms with Crippen molar-refractivity contribution in [2.24, 2.45) is 11.7 Å². The van der Waals surface area contributed by atoms with Gasteiger partial charge in [0.2, 0.25) is 0 Å². The molecular weight excluding hydrogens is 288 g/mol. The summed E-state index contributed by atoms with van der Waals surface area (Å²) in [6.07, 6.45) is 8.07. The zero-order valence-electron chi connectivity index (χ0n) is 11.6. The minimum absolute atomic E-state index is 0.410. The smallest absolute Gasteiger partial charge is 0.104 e. The van der Waals surface area contributed by atoms with E-state index in [1.54, 1.807) is 0 Å². The minimum atomic E-state index is 0.410. The predicted molar refractivity (Wildman–Crippen MR) is 89.7 cm³/mol. The third kappa shape index (κ3) is 2.66. The molecule has 1 saturated carbocycles. The van der Waals surface area contributed by atoms with Crippen LogP contribution in [0.25, 0.3) is 0 Å². The van der Waals surface area contributed by atoms with Gasteiger partial charge < -0.3 is 10.6 Å². The summed E-state index contributed by atoms with van der Waals surface area (Å²) in [4.78, 5) is 2.94. The van der Waals surface area contributed by atoms with Crippen molar-refractivity contribution >= 4 is 34.5 Å². The van der Waals surface area contributed by atoms with Crippen LogP contribution in [0.5, 0.6) is 0 Å². The zero-order valence-corrected chi connectivity index (χ0v) is 13.2. The number of fused-ring (bicyclic) bond motifs is 1. The van der Waals surface area contributed by atoms with Crippen LogP contribution in [0.2, 0.25) is 5.02 Å². The Morgan fingerprint density at radius 1 is 1.20 bits per heavy atom. The van der Waals surface area contributed by atoms with Crippen molar-refractivity contribution in [2.45, 2.75) is 44.6 Å². The number of benzene rings is 1. The second-order valence-electron chi connectivity index (χ2n) is 5.98. The van der Waals surface area contributed by atoms with Gasteiger partial charge in [-0.25, -0.2) is 0 Å². The first-order chi connectivity index (χ1) is 9.66. The maximum Gasteiger partial charge on any atom is 0.104 e. The molecule has 2 aliphatic rings. The molecule has 0 radical (unpaired) electrons. The third-order valence-corrected chi connectivity index (χ3v) is 5.32. The molecule has 1 aliphatic heterocycles. The van der Waals surface area contributed by atoms with E-state index < -0.39 is 0 Å². The molecular formula is C16H21ClN2S. The molecule has 2 nitrogen and oxygen atoms in total. The van der Waals surface area contributed by atoms with E-state index >= 15 is 0 Å². The topological polar surface area (TPSA) is 29.3 Å². The molecule has 20 heavy (non-hydrogen) atoms. The quantitative estimate of drug-likeness (QED) is 0.833. The standard InChI is InChI=1S/C16H21ClN2S/c17-13-10-12(16(18)20)7-8-15(13)19-9-3-5-11-4-1-2-6-14(11)19/h7-8,10-11,14H,1-6,9H2,(H2,18,20).